The second-order valence-corrected chi connectivity index (χ2v) is 6.06. The number of carbonyl (C=O) groups is 1. The molecule has 0 fully saturated rings. The van der Waals surface area contributed by atoms with Crippen LogP contribution < -0.4 is 5.32 Å². The van der Waals surface area contributed by atoms with Crippen molar-refractivity contribution in [3.8, 4) is 0 Å². The summed E-state index contributed by atoms with van der Waals surface area (Å²) in [5, 5.41) is 2.99. The van der Waals surface area contributed by atoms with Crippen LogP contribution in [0.4, 0.5) is 5.69 Å². The number of carbonyl (C=O) groups excluding carboxylic acids is 1. The lowest BCUT2D eigenvalue weighted by Crippen LogP contribution is -2.39. The Balaban J connectivity index is 1.96. The van der Waals surface area contributed by atoms with Gasteiger partial charge < -0.3 is 5.32 Å². The molecule has 1 N–H and O–H groups in total. The summed E-state index contributed by atoms with van der Waals surface area (Å²) in [4.78, 5) is 14.5. The van der Waals surface area contributed by atoms with Crippen molar-refractivity contribution in [2.45, 2.75) is 39.8 Å². The third-order valence-corrected chi connectivity index (χ3v) is 4.35. The summed E-state index contributed by atoms with van der Waals surface area (Å²) in [5.41, 5.74) is 4.63. The SMILES string of the molecule is CCc1ccc(NC(=O)[C@@H](C)N(C)Cc2ccccc2C)cc1. The van der Waals surface area contributed by atoms with Gasteiger partial charge in [0.1, 0.15) is 0 Å². The molecule has 0 spiro atoms. The molecule has 0 saturated heterocycles. The molecule has 1 atom stereocenters. The molecule has 0 heterocycles. The number of benzene rings is 2. The highest BCUT2D eigenvalue weighted by Gasteiger charge is 2.18. The monoisotopic (exact) mass is 310 g/mol. The molecule has 3 heteroatoms. The summed E-state index contributed by atoms with van der Waals surface area (Å²) >= 11 is 0. The topological polar surface area (TPSA) is 32.3 Å². The molecule has 2 rings (SSSR count). The Bertz CT molecular complexity index is 649. The largest absolute Gasteiger partial charge is 0.325 e. The van der Waals surface area contributed by atoms with Crippen molar-refractivity contribution in [1.82, 2.24) is 4.90 Å². The zero-order valence-corrected chi connectivity index (χ0v) is 14.5. The minimum atomic E-state index is -0.194. The number of likely N-dealkylation sites (N-methyl/N-ethyl adjacent to an activating group) is 1. The molecular weight excluding hydrogens is 284 g/mol. The highest BCUT2D eigenvalue weighted by Crippen LogP contribution is 2.14. The first-order valence-electron chi connectivity index (χ1n) is 8.15. The highest BCUT2D eigenvalue weighted by molar-refractivity contribution is 5.94. The molecule has 0 aliphatic rings. The molecule has 0 saturated carbocycles. The summed E-state index contributed by atoms with van der Waals surface area (Å²) in [7, 11) is 1.98. The van der Waals surface area contributed by atoms with Crippen LogP contribution >= 0.6 is 0 Å². The number of hydrogen-bond donors (Lipinski definition) is 1. The first kappa shape index (κ1) is 17.2. The first-order chi connectivity index (χ1) is 11.0. The van der Waals surface area contributed by atoms with E-state index in [0.717, 1.165) is 18.7 Å². The van der Waals surface area contributed by atoms with E-state index in [-0.39, 0.29) is 11.9 Å². The van der Waals surface area contributed by atoms with Crippen molar-refractivity contribution in [1.29, 1.82) is 0 Å². The standard InChI is InChI=1S/C20H26N2O/c1-5-17-10-12-19(13-11-17)21-20(23)16(3)22(4)14-18-9-7-6-8-15(18)2/h6-13,16H,5,14H2,1-4H3,(H,21,23)/t16-/m1/s1. The minimum absolute atomic E-state index is 0.0188. The number of anilines is 1. The third kappa shape index (κ3) is 4.67. The van der Waals surface area contributed by atoms with Crippen LogP contribution in [0.2, 0.25) is 0 Å². The van der Waals surface area contributed by atoms with Gasteiger partial charge in [0.05, 0.1) is 6.04 Å². The van der Waals surface area contributed by atoms with Gasteiger partial charge in [-0.3, -0.25) is 9.69 Å². The Morgan fingerprint density at radius 1 is 1.13 bits per heavy atom. The van der Waals surface area contributed by atoms with E-state index in [1.807, 2.05) is 38.2 Å². The van der Waals surface area contributed by atoms with E-state index < -0.39 is 0 Å². The molecule has 3 nitrogen and oxygen atoms in total. The van der Waals surface area contributed by atoms with Crippen molar-refractivity contribution in [2.24, 2.45) is 0 Å². The molecule has 0 aliphatic heterocycles. The predicted molar refractivity (Wildman–Crippen MR) is 96.6 cm³/mol. The number of hydrogen-bond acceptors (Lipinski definition) is 2. The van der Waals surface area contributed by atoms with Crippen LogP contribution in [-0.4, -0.2) is 23.9 Å². The summed E-state index contributed by atoms with van der Waals surface area (Å²) < 4.78 is 0. The first-order valence-corrected chi connectivity index (χ1v) is 8.15. The average molecular weight is 310 g/mol. The van der Waals surface area contributed by atoms with Crippen LogP contribution in [0.5, 0.6) is 0 Å². The normalized spacial score (nSPS) is 12.2. The molecule has 2 aromatic rings. The van der Waals surface area contributed by atoms with E-state index in [9.17, 15) is 4.79 Å². The molecule has 1 amide bonds. The molecule has 0 aliphatic carbocycles. The molecule has 0 aromatic heterocycles. The van der Waals surface area contributed by atoms with E-state index in [0.29, 0.717) is 0 Å². The minimum Gasteiger partial charge on any atom is -0.325 e. The number of rotatable bonds is 6. The number of amides is 1. The number of aryl methyl sites for hydroxylation is 2. The van der Waals surface area contributed by atoms with Gasteiger partial charge >= 0.3 is 0 Å². The summed E-state index contributed by atoms with van der Waals surface area (Å²) in [6.07, 6.45) is 1.00. The molecule has 2 aromatic carbocycles. The van der Waals surface area contributed by atoms with Crippen molar-refractivity contribution >= 4 is 11.6 Å². The Morgan fingerprint density at radius 2 is 1.78 bits per heavy atom. The zero-order chi connectivity index (χ0) is 16.8. The fourth-order valence-electron chi connectivity index (χ4n) is 2.46. The average Bonchev–Trinajstić information content (AvgIpc) is 2.56. The van der Waals surface area contributed by atoms with E-state index in [1.54, 1.807) is 0 Å². The number of nitrogens with one attached hydrogen (secondary N) is 1. The summed E-state index contributed by atoms with van der Waals surface area (Å²) in [6, 6.07) is 16.1. The van der Waals surface area contributed by atoms with Gasteiger partial charge in [-0.1, -0.05) is 43.3 Å². The van der Waals surface area contributed by atoms with Gasteiger partial charge in [-0.2, -0.15) is 0 Å². The number of nitrogens with zero attached hydrogens (tertiary/aromatic N) is 1. The van der Waals surface area contributed by atoms with Crippen LogP contribution in [0, 0.1) is 6.92 Å². The van der Waals surface area contributed by atoms with Crippen LogP contribution in [0.15, 0.2) is 48.5 Å². The second-order valence-electron chi connectivity index (χ2n) is 6.06. The smallest absolute Gasteiger partial charge is 0.241 e. The van der Waals surface area contributed by atoms with Crippen molar-refractivity contribution in [2.75, 3.05) is 12.4 Å². The molecule has 122 valence electrons. The van der Waals surface area contributed by atoms with Gasteiger partial charge in [0.2, 0.25) is 5.91 Å². The van der Waals surface area contributed by atoms with E-state index >= 15 is 0 Å². The lowest BCUT2D eigenvalue weighted by molar-refractivity contribution is -0.120. The summed E-state index contributed by atoms with van der Waals surface area (Å²) in [5.74, 6) is 0.0188. The van der Waals surface area contributed by atoms with Crippen molar-refractivity contribution in [3.05, 3.63) is 65.2 Å². The third-order valence-electron chi connectivity index (χ3n) is 4.35. The maximum Gasteiger partial charge on any atom is 0.241 e. The van der Waals surface area contributed by atoms with Crippen molar-refractivity contribution in [3.63, 3.8) is 0 Å². The zero-order valence-electron chi connectivity index (χ0n) is 14.5. The lowest BCUT2D eigenvalue weighted by Gasteiger charge is -2.24. The fraction of sp³-hybridized carbons (Fsp3) is 0.350. The Hall–Kier alpha value is -2.13. The van der Waals surface area contributed by atoms with Gasteiger partial charge in [-0.15, -0.1) is 0 Å². The fourth-order valence-corrected chi connectivity index (χ4v) is 2.46. The van der Waals surface area contributed by atoms with Gasteiger partial charge in [0.15, 0.2) is 0 Å². The molecule has 23 heavy (non-hydrogen) atoms. The van der Waals surface area contributed by atoms with Gasteiger partial charge in [0, 0.05) is 12.2 Å². The maximum atomic E-state index is 12.4. The second kappa shape index (κ2) is 7.93. The van der Waals surface area contributed by atoms with E-state index in [2.05, 4.69) is 48.3 Å². The maximum absolute atomic E-state index is 12.4. The van der Waals surface area contributed by atoms with Gasteiger partial charge in [0.25, 0.3) is 0 Å². The van der Waals surface area contributed by atoms with E-state index in [4.69, 9.17) is 0 Å². The highest BCUT2D eigenvalue weighted by atomic mass is 16.2. The van der Waals surface area contributed by atoms with E-state index in [1.165, 1.54) is 16.7 Å². The molecule has 0 bridgehead atoms. The molecule has 0 radical (unpaired) electrons. The Kier molecular flexibility index (Phi) is 5.94. The summed E-state index contributed by atoms with van der Waals surface area (Å²) in [6.45, 7) is 6.92. The molecule has 0 unspecified atom stereocenters. The van der Waals surface area contributed by atoms with Crippen LogP contribution in [-0.2, 0) is 17.8 Å². The van der Waals surface area contributed by atoms with Gasteiger partial charge in [-0.05, 0) is 56.1 Å². The van der Waals surface area contributed by atoms with Crippen LogP contribution in [0.3, 0.4) is 0 Å². The predicted octanol–water partition coefficient (Wildman–Crippen LogP) is 4.02. The Morgan fingerprint density at radius 3 is 2.39 bits per heavy atom. The van der Waals surface area contributed by atoms with Crippen LogP contribution in [0.1, 0.15) is 30.5 Å². The molecular formula is C20H26N2O. The quantitative estimate of drug-likeness (QED) is 0.874. The Labute approximate surface area is 139 Å². The lowest BCUT2D eigenvalue weighted by atomic mass is 10.1. The van der Waals surface area contributed by atoms with Crippen LogP contribution in [0.25, 0.3) is 0 Å². The van der Waals surface area contributed by atoms with Gasteiger partial charge in [-0.25, -0.2) is 0 Å². The van der Waals surface area contributed by atoms with Crippen molar-refractivity contribution < 1.29 is 4.79 Å².